The van der Waals surface area contributed by atoms with Gasteiger partial charge in [0.25, 0.3) is 0 Å². The van der Waals surface area contributed by atoms with Crippen molar-refractivity contribution < 1.29 is 27.4 Å². The van der Waals surface area contributed by atoms with E-state index in [-0.39, 0.29) is 11.4 Å². The predicted molar refractivity (Wildman–Crippen MR) is 111 cm³/mol. The Kier molecular flexibility index (Phi) is 7.81. The number of morpholine rings is 1. The van der Waals surface area contributed by atoms with E-state index in [4.69, 9.17) is 14.2 Å². The summed E-state index contributed by atoms with van der Waals surface area (Å²) in [7, 11) is -2.50. The molecule has 1 unspecified atom stereocenters. The highest BCUT2D eigenvalue weighted by atomic mass is 32.2. The van der Waals surface area contributed by atoms with E-state index in [1.165, 1.54) is 19.2 Å². The van der Waals surface area contributed by atoms with Crippen LogP contribution in [0.4, 0.5) is 0 Å². The molecule has 30 heavy (non-hydrogen) atoms. The van der Waals surface area contributed by atoms with Crippen LogP contribution in [0.25, 0.3) is 0 Å². The first-order chi connectivity index (χ1) is 14.5. The summed E-state index contributed by atoms with van der Waals surface area (Å²) in [5.74, 6) is 0.0859. The van der Waals surface area contributed by atoms with Gasteiger partial charge >= 0.3 is 5.97 Å². The van der Waals surface area contributed by atoms with Gasteiger partial charge < -0.3 is 14.2 Å². The molecule has 0 amide bonds. The average Bonchev–Trinajstić information content (AvgIpc) is 2.79. The van der Waals surface area contributed by atoms with Crippen LogP contribution in [-0.4, -0.2) is 65.3 Å². The summed E-state index contributed by atoms with van der Waals surface area (Å²) in [6.07, 6.45) is 0. The van der Waals surface area contributed by atoms with Gasteiger partial charge in [-0.15, -0.1) is 0 Å². The first-order valence-corrected chi connectivity index (χ1v) is 11.1. The van der Waals surface area contributed by atoms with Crippen LogP contribution in [0, 0.1) is 0 Å². The molecule has 2 aromatic rings. The summed E-state index contributed by atoms with van der Waals surface area (Å²) in [6, 6.07) is 15.2. The highest BCUT2D eigenvalue weighted by Gasteiger charge is 2.30. The Morgan fingerprint density at radius 2 is 1.77 bits per heavy atom. The molecule has 1 heterocycles. The molecule has 1 fully saturated rings. The third-order valence-corrected chi connectivity index (χ3v) is 6.25. The van der Waals surface area contributed by atoms with E-state index in [0.717, 1.165) is 5.56 Å². The molecule has 0 bridgehead atoms. The Balaban J connectivity index is 1.60. The molecule has 1 atom stereocenters. The van der Waals surface area contributed by atoms with E-state index >= 15 is 0 Å². The minimum absolute atomic E-state index is 0.0821. The van der Waals surface area contributed by atoms with Crippen LogP contribution in [-0.2, 0) is 30.9 Å². The molecule has 0 aliphatic carbocycles. The highest BCUT2D eigenvalue weighted by Crippen LogP contribution is 2.17. The van der Waals surface area contributed by atoms with Crippen molar-refractivity contribution in [2.75, 3.05) is 40.0 Å². The standard InChI is InChI=1S/C21H26N2O6S/c1-27-21(24)20(23-11-13-28-14-12-23)15-22-30(25,26)19-9-7-18(8-10-19)29-16-17-5-3-2-4-6-17/h2-10,20,22H,11-16H2,1H3. The fourth-order valence-electron chi connectivity index (χ4n) is 3.11. The maximum atomic E-state index is 12.7. The number of hydrogen-bond donors (Lipinski definition) is 1. The molecule has 3 rings (SSSR count). The topological polar surface area (TPSA) is 94.2 Å². The minimum atomic E-state index is -3.79. The maximum absolute atomic E-state index is 12.7. The Morgan fingerprint density at radius 3 is 2.40 bits per heavy atom. The average molecular weight is 435 g/mol. The van der Waals surface area contributed by atoms with E-state index in [1.54, 1.807) is 12.1 Å². The number of nitrogens with zero attached hydrogens (tertiary/aromatic N) is 1. The van der Waals surface area contributed by atoms with Gasteiger partial charge in [0.2, 0.25) is 10.0 Å². The molecule has 162 valence electrons. The van der Waals surface area contributed by atoms with E-state index in [2.05, 4.69) is 4.72 Å². The smallest absolute Gasteiger partial charge is 0.324 e. The van der Waals surface area contributed by atoms with Crippen molar-refractivity contribution in [2.45, 2.75) is 17.5 Å². The quantitative estimate of drug-likeness (QED) is 0.597. The first-order valence-electron chi connectivity index (χ1n) is 9.65. The molecule has 8 nitrogen and oxygen atoms in total. The molecule has 1 N–H and O–H groups in total. The third kappa shape index (κ3) is 6.02. The van der Waals surface area contributed by atoms with Gasteiger partial charge in [0.15, 0.2) is 0 Å². The van der Waals surface area contributed by atoms with Gasteiger partial charge in [-0.1, -0.05) is 30.3 Å². The zero-order valence-corrected chi connectivity index (χ0v) is 17.6. The summed E-state index contributed by atoms with van der Waals surface area (Å²) in [6.45, 7) is 2.37. The number of ether oxygens (including phenoxy) is 3. The monoisotopic (exact) mass is 434 g/mol. The van der Waals surface area contributed by atoms with Crippen LogP contribution in [0.2, 0.25) is 0 Å². The SMILES string of the molecule is COC(=O)C(CNS(=O)(=O)c1ccc(OCc2ccccc2)cc1)N1CCOCC1. The van der Waals surface area contributed by atoms with Gasteiger partial charge in [-0.3, -0.25) is 9.69 Å². The van der Waals surface area contributed by atoms with Crippen molar-refractivity contribution in [3.8, 4) is 5.75 Å². The van der Waals surface area contributed by atoms with Crippen LogP contribution in [0.3, 0.4) is 0 Å². The number of esters is 1. The van der Waals surface area contributed by atoms with Crippen molar-refractivity contribution >= 4 is 16.0 Å². The fourth-order valence-corrected chi connectivity index (χ4v) is 4.15. The Hall–Kier alpha value is -2.46. The number of methoxy groups -OCH3 is 1. The molecule has 0 aromatic heterocycles. The molecule has 1 aliphatic heterocycles. The molecule has 1 saturated heterocycles. The Labute approximate surface area is 176 Å². The first kappa shape index (κ1) is 22.2. The van der Waals surface area contributed by atoms with Gasteiger partial charge in [-0.05, 0) is 29.8 Å². The number of hydrogen-bond acceptors (Lipinski definition) is 7. The van der Waals surface area contributed by atoms with Crippen LogP contribution in [0.15, 0.2) is 59.5 Å². The molecule has 0 spiro atoms. The Bertz CT molecular complexity index is 912. The summed E-state index contributed by atoms with van der Waals surface area (Å²) in [5.41, 5.74) is 1.02. The van der Waals surface area contributed by atoms with Gasteiger partial charge in [-0.25, -0.2) is 13.1 Å². The lowest BCUT2D eigenvalue weighted by molar-refractivity contribution is -0.148. The molecule has 1 aliphatic rings. The summed E-state index contributed by atoms with van der Waals surface area (Å²) in [4.78, 5) is 14.1. The van der Waals surface area contributed by atoms with E-state index < -0.39 is 22.0 Å². The number of sulfonamides is 1. The van der Waals surface area contributed by atoms with Crippen LogP contribution in [0.5, 0.6) is 5.75 Å². The number of nitrogens with one attached hydrogen (secondary N) is 1. The second-order valence-corrected chi connectivity index (χ2v) is 8.55. The van der Waals surface area contributed by atoms with Crippen molar-refractivity contribution in [3.05, 3.63) is 60.2 Å². The molecule has 0 saturated carbocycles. The van der Waals surface area contributed by atoms with Crippen molar-refractivity contribution in [3.63, 3.8) is 0 Å². The zero-order chi connectivity index (χ0) is 21.4. The molecule has 2 aromatic carbocycles. The lowest BCUT2D eigenvalue weighted by atomic mass is 10.2. The number of carbonyl (C=O) groups is 1. The normalized spacial score (nSPS) is 16.0. The van der Waals surface area contributed by atoms with Crippen LogP contribution in [0.1, 0.15) is 5.56 Å². The van der Waals surface area contributed by atoms with E-state index in [0.29, 0.717) is 38.7 Å². The second kappa shape index (κ2) is 10.5. The number of benzene rings is 2. The molecule has 9 heteroatoms. The van der Waals surface area contributed by atoms with E-state index in [1.807, 2.05) is 35.2 Å². The fraction of sp³-hybridized carbons (Fsp3) is 0.381. The van der Waals surface area contributed by atoms with Gasteiger partial charge in [0.05, 0.1) is 25.2 Å². The van der Waals surface area contributed by atoms with Crippen LogP contribution < -0.4 is 9.46 Å². The molecular weight excluding hydrogens is 408 g/mol. The van der Waals surface area contributed by atoms with Crippen molar-refractivity contribution in [2.24, 2.45) is 0 Å². The molecular formula is C21H26N2O6S. The lowest BCUT2D eigenvalue weighted by Gasteiger charge is -2.32. The maximum Gasteiger partial charge on any atom is 0.324 e. The highest BCUT2D eigenvalue weighted by molar-refractivity contribution is 7.89. The summed E-state index contributed by atoms with van der Waals surface area (Å²) in [5, 5.41) is 0. The minimum Gasteiger partial charge on any atom is -0.489 e. The van der Waals surface area contributed by atoms with Gasteiger partial charge in [0, 0.05) is 19.6 Å². The van der Waals surface area contributed by atoms with Crippen molar-refractivity contribution in [1.29, 1.82) is 0 Å². The van der Waals surface area contributed by atoms with Crippen LogP contribution >= 0.6 is 0 Å². The number of carbonyl (C=O) groups excluding carboxylic acids is 1. The largest absolute Gasteiger partial charge is 0.489 e. The van der Waals surface area contributed by atoms with Gasteiger partial charge in [0.1, 0.15) is 18.4 Å². The summed E-state index contributed by atoms with van der Waals surface area (Å²) < 4.78 is 43.7. The lowest BCUT2D eigenvalue weighted by Crippen LogP contribution is -2.52. The predicted octanol–water partition coefficient (Wildman–Crippen LogP) is 1.42. The third-order valence-electron chi connectivity index (χ3n) is 4.81. The Morgan fingerprint density at radius 1 is 1.10 bits per heavy atom. The summed E-state index contributed by atoms with van der Waals surface area (Å²) >= 11 is 0. The van der Waals surface area contributed by atoms with E-state index in [9.17, 15) is 13.2 Å². The zero-order valence-electron chi connectivity index (χ0n) is 16.8. The molecule has 0 radical (unpaired) electrons. The number of rotatable bonds is 9. The van der Waals surface area contributed by atoms with Gasteiger partial charge in [-0.2, -0.15) is 0 Å². The second-order valence-electron chi connectivity index (χ2n) is 6.78. The van der Waals surface area contributed by atoms with Crippen molar-refractivity contribution in [1.82, 2.24) is 9.62 Å².